The van der Waals surface area contributed by atoms with Crippen LogP contribution in [0.5, 0.6) is 0 Å². The molecule has 0 spiro atoms. The van der Waals surface area contributed by atoms with Gasteiger partial charge in [-0.15, -0.1) is 9.79 Å². The normalized spacial score (nSPS) is 4.33. The predicted molar refractivity (Wildman–Crippen MR) is 23.6 cm³/mol. The number of hydrogen-bond donors (Lipinski definition) is 2. The Labute approximate surface area is 54.6 Å². The fourth-order valence-corrected chi connectivity index (χ4v) is 0. The van der Waals surface area contributed by atoms with Gasteiger partial charge in [-0.3, -0.25) is 0 Å². The standard InChI is InChI=1S/Mg.HO3P.H2O.2H/c;1-4(2)3;;;/h;(H-,1,2,3);1H2;;/q+2;;;2*-1/p+1. The van der Waals surface area contributed by atoms with Gasteiger partial charge in [0.05, 0.1) is 0 Å². The van der Waals surface area contributed by atoms with Gasteiger partial charge in [0, 0.05) is 4.57 Å². The Hall–Kier alpha value is 0.746. The molecule has 0 aromatic rings. The van der Waals surface area contributed by atoms with Crippen LogP contribution >= 0.6 is 8.25 Å². The Bertz CT molecular complexity index is 37.0. The van der Waals surface area contributed by atoms with Gasteiger partial charge in [0.25, 0.3) is 0 Å². The zero-order valence-corrected chi connectivity index (χ0v) is 5.27. The van der Waals surface area contributed by atoms with E-state index in [4.69, 9.17) is 14.4 Å². The Balaban J connectivity index is -0.00000000750. The molecule has 0 unspecified atom stereocenters. The second-order valence-corrected chi connectivity index (χ2v) is 0.758. The van der Waals surface area contributed by atoms with Crippen LogP contribution in [0, 0.1) is 0 Å². The monoisotopic (exact) mass is 125 g/mol. The van der Waals surface area contributed by atoms with E-state index in [0.717, 1.165) is 0 Å². The van der Waals surface area contributed by atoms with E-state index in [1.54, 1.807) is 0 Å². The van der Waals surface area contributed by atoms with Crippen LogP contribution in [0.1, 0.15) is 2.85 Å². The molecule has 0 saturated heterocycles. The minimum atomic E-state index is -2.87. The van der Waals surface area contributed by atoms with Gasteiger partial charge in [-0.25, -0.2) is 0 Å². The largest absolute Gasteiger partial charge is 2.00 e. The van der Waals surface area contributed by atoms with Crippen molar-refractivity contribution in [3.63, 3.8) is 0 Å². The molecule has 0 aromatic carbocycles. The van der Waals surface area contributed by atoms with Crippen LogP contribution in [-0.4, -0.2) is 38.3 Å². The number of rotatable bonds is 0. The fraction of sp³-hybridized carbons (Fsp3) is 0. The summed E-state index contributed by atoms with van der Waals surface area (Å²) in [6.45, 7) is 0. The first-order valence-corrected chi connectivity index (χ1v) is 1.75. The van der Waals surface area contributed by atoms with Crippen LogP contribution in [-0.2, 0) is 4.57 Å². The maximum absolute atomic E-state index is 8.70. The topological polar surface area (TPSA) is 89.0 Å². The molecule has 6 heavy (non-hydrogen) atoms. The average Bonchev–Trinajstić information content (AvgIpc) is 0.811. The summed E-state index contributed by atoms with van der Waals surface area (Å²) < 4.78 is 8.70. The Morgan fingerprint density at radius 1 is 1.50 bits per heavy atom. The summed E-state index contributed by atoms with van der Waals surface area (Å²) in [5, 5.41) is 0. The van der Waals surface area contributed by atoms with Crippen LogP contribution in [0.15, 0.2) is 0 Å². The summed E-state index contributed by atoms with van der Waals surface area (Å²) in [5.74, 6) is 0. The first-order valence-electron chi connectivity index (χ1n) is 0.583. The van der Waals surface area contributed by atoms with Crippen molar-refractivity contribution in [2.45, 2.75) is 0 Å². The smallest absolute Gasteiger partial charge is 1.00 e. The van der Waals surface area contributed by atoms with E-state index in [9.17, 15) is 0 Å². The van der Waals surface area contributed by atoms with Gasteiger partial charge in [0.2, 0.25) is 0 Å². The molecule has 0 aromatic heterocycles. The van der Waals surface area contributed by atoms with Gasteiger partial charge in [0.15, 0.2) is 0 Å². The molecule has 0 rings (SSSR count). The summed E-state index contributed by atoms with van der Waals surface area (Å²) in [6.07, 6.45) is 0. The Kier molecular flexibility index (Phi) is 24.4. The van der Waals surface area contributed by atoms with E-state index in [1.807, 2.05) is 0 Å². The van der Waals surface area contributed by atoms with Crippen molar-refractivity contribution in [1.29, 1.82) is 0 Å². The third-order valence-electron chi connectivity index (χ3n) is 0. The zero-order valence-electron chi connectivity index (χ0n) is 4.96. The predicted octanol–water partition coefficient (Wildman–Crippen LogP) is -1.35. The second kappa shape index (κ2) is 9.22. The van der Waals surface area contributed by atoms with Crippen molar-refractivity contribution in [3.05, 3.63) is 0 Å². The second-order valence-electron chi connectivity index (χ2n) is 0.253. The molecule has 0 amide bonds. The van der Waals surface area contributed by atoms with Crippen molar-refractivity contribution in [2.75, 3.05) is 0 Å². The van der Waals surface area contributed by atoms with Crippen LogP contribution in [0.25, 0.3) is 0 Å². The Morgan fingerprint density at radius 2 is 1.50 bits per heavy atom. The summed E-state index contributed by atoms with van der Waals surface area (Å²) in [7, 11) is -2.87. The first kappa shape index (κ1) is 15.9. The van der Waals surface area contributed by atoms with E-state index in [0.29, 0.717) is 0 Å². The maximum atomic E-state index is 8.70. The molecule has 0 aliphatic carbocycles. The van der Waals surface area contributed by atoms with Crippen molar-refractivity contribution >= 4 is 31.3 Å². The van der Waals surface area contributed by atoms with Gasteiger partial charge in [-0.2, -0.15) is 0 Å². The van der Waals surface area contributed by atoms with Crippen molar-refractivity contribution in [2.24, 2.45) is 0 Å². The van der Waals surface area contributed by atoms with Crippen LogP contribution in [0.3, 0.4) is 0 Å². The molecule has 0 fully saturated rings. The van der Waals surface area contributed by atoms with Gasteiger partial charge in [0.1, 0.15) is 0 Å². The molecule has 0 aliphatic rings. The van der Waals surface area contributed by atoms with E-state index < -0.39 is 8.25 Å². The summed E-state index contributed by atoms with van der Waals surface area (Å²) >= 11 is 0. The zero-order chi connectivity index (χ0) is 3.58. The maximum Gasteiger partial charge on any atom is 2.00 e. The molecule has 4 nitrogen and oxygen atoms in total. The first-order chi connectivity index (χ1) is 1.73. The third-order valence-corrected chi connectivity index (χ3v) is 0. The molecule has 0 radical (unpaired) electrons. The van der Waals surface area contributed by atoms with Crippen LogP contribution < -0.4 is 0 Å². The number of hydrogen-bond acceptors (Lipinski definition) is 1. The molecule has 0 heterocycles. The molecular formula is H6MgO4P+. The van der Waals surface area contributed by atoms with Gasteiger partial charge in [-0.05, 0) is 0 Å². The van der Waals surface area contributed by atoms with Crippen LogP contribution in [0.4, 0.5) is 0 Å². The summed E-state index contributed by atoms with van der Waals surface area (Å²) in [6, 6.07) is 0. The van der Waals surface area contributed by atoms with E-state index in [-0.39, 0.29) is 31.4 Å². The van der Waals surface area contributed by atoms with E-state index in [2.05, 4.69) is 0 Å². The van der Waals surface area contributed by atoms with Gasteiger partial charge >= 0.3 is 31.3 Å². The van der Waals surface area contributed by atoms with Gasteiger partial charge in [-0.1, -0.05) is 0 Å². The third kappa shape index (κ3) is 120. The van der Waals surface area contributed by atoms with E-state index >= 15 is 0 Å². The molecule has 0 bridgehead atoms. The average molecular weight is 125 g/mol. The molecule has 0 saturated carbocycles. The molecule has 36 valence electrons. The quantitative estimate of drug-likeness (QED) is 0.310. The van der Waals surface area contributed by atoms with Crippen LogP contribution in [0.2, 0.25) is 0 Å². The minimum Gasteiger partial charge on any atom is -1.00 e. The molecule has 6 heteroatoms. The fourth-order valence-electron chi connectivity index (χ4n) is 0. The van der Waals surface area contributed by atoms with Crippen molar-refractivity contribution < 1.29 is 22.7 Å². The van der Waals surface area contributed by atoms with Crippen molar-refractivity contribution in [3.8, 4) is 0 Å². The molecular weight excluding hydrogens is 119 g/mol. The molecule has 4 N–H and O–H groups in total. The summed E-state index contributed by atoms with van der Waals surface area (Å²) in [4.78, 5) is 14.2. The van der Waals surface area contributed by atoms with Crippen molar-refractivity contribution in [1.82, 2.24) is 0 Å². The Morgan fingerprint density at radius 3 is 1.50 bits per heavy atom. The molecule has 0 atom stereocenters. The van der Waals surface area contributed by atoms with Gasteiger partial charge < -0.3 is 8.33 Å². The minimum absolute atomic E-state index is 0. The van der Waals surface area contributed by atoms with E-state index in [1.165, 1.54) is 0 Å². The molecule has 0 aliphatic heterocycles. The SMILES string of the molecule is O.O=[P+](O)O.[H-].[H-].[Mg+2]. The summed E-state index contributed by atoms with van der Waals surface area (Å²) in [5.41, 5.74) is 0.